The molecule has 0 aromatic heterocycles. The van der Waals surface area contributed by atoms with Gasteiger partial charge in [-0.15, -0.1) is 0 Å². The van der Waals surface area contributed by atoms with Gasteiger partial charge in [0.2, 0.25) is 0 Å². The lowest BCUT2D eigenvalue weighted by molar-refractivity contribution is 0.167. The number of hydrogen-bond donors (Lipinski definition) is 0. The molecule has 1 heteroatoms. The van der Waals surface area contributed by atoms with Crippen molar-refractivity contribution in [3.63, 3.8) is 0 Å². The maximum absolute atomic E-state index is 2.66. The third-order valence-corrected chi connectivity index (χ3v) is 3.71. The van der Waals surface area contributed by atoms with Gasteiger partial charge in [-0.25, -0.2) is 0 Å². The van der Waals surface area contributed by atoms with Gasteiger partial charge in [-0.3, -0.25) is 0 Å². The molecular weight excluding hydrogens is 194 g/mol. The second-order valence-electron chi connectivity index (χ2n) is 4.97. The molecule has 1 aliphatic rings. The first-order chi connectivity index (χ1) is 7.86. The average molecular weight is 217 g/mol. The number of hydrogen-bond acceptors (Lipinski definition) is 1. The van der Waals surface area contributed by atoms with Gasteiger partial charge in [-0.1, -0.05) is 36.8 Å². The number of rotatable bonds is 4. The second-order valence-corrected chi connectivity index (χ2v) is 4.97. The largest absolute Gasteiger partial charge is 0.301 e. The van der Waals surface area contributed by atoms with Gasteiger partial charge in [0.15, 0.2) is 0 Å². The van der Waals surface area contributed by atoms with Crippen molar-refractivity contribution in [1.29, 1.82) is 0 Å². The Bertz CT molecular complexity index is 288. The van der Waals surface area contributed by atoms with Crippen LogP contribution in [-0.2, 0) is 6.42 Å². The number of benzene rings is 1. The summed E-state index contributed by atoms with van der Waals surface area (Å²) in [5.41, 5.74) is 1.48. The molecule has 0 aliphatic carbocycles. The molecule has 1 aromatic carbocycles. The van der Waals surface area contributed by atoms with E-state index in [1.807, 2.05) is 0 Å². The molecule has 0 radical (unpaired) electrons. The van der Waals surface area contributed by atoms with E-state index in [1.54, 1.807) is 0 Å². The van der Waals surface area contributed by atoms with Crippen LogP contribution in [0.5, 0.6) is 0 Å². The first kappa shape index (κ1) is 11.7. The van der Waals surface area contributed by atoms with Crippen LogP contribution in [0.4, 0.5) is 0 Å². The lowest BCUT2D eigenvalue weighted by Gasteiger charge is -2.32. The third-order valence-electron chi connectivity index (χ3n) is 3.71. The van der Waals surface area contributed by atoms with Crippen LogP contribution in [0.2, 0.25) is 0 Å². The van der Waals surface area contributed by atoms with Crippen molar-refractivity contribution in [2.75, 3.05) is 13.1 Å². The lowest BCUT2D eigenvalue weighted by Crippen LogP contribution is -2.37. The van der Waals surface area contributed by atoms with Gasteiger partial charge in [0.1, 0.15) is 0 Å². The van der Waals surface area contributed by atoms with Crippen molar-refractivity contribution < 1.29 is 0 Å². The molecule has 1 unspecified atom stereocenters. The first-order valence-corrected chi connectivity index (χ1v) is 6.64. The maximum atomic E-state index is 2.66. The molecule has 1 saturated heterocycles. The molecule has 1 aromatic rings. The summed E-state index contributed by atoms with van der Waals surface area (Å²) < 4.78 is 0. The smallest absolute Gasteiger partial charge is 0.00700 e. The summed E-state index contributed by atoms with van der Waals surface area (Å²) in [5.74, 6) is 0. The van der Waals surface area contributed by atoms with Gasteiger partial charge in [0.25, 0.3) is 0 Å². The highest BCUT2D eigenvalue weighted by molar-refractivity contribution is 5.14. The van der Waals surface area contributed by atoms with Crippen molar-refractivity contribution in [2.45, 2.75) is 45.1 Å². The topological polar surface area (TPSA) is 3.24 Å². The zero-order valence-electron chi connectivity index (χ0n) is 10.4. The molecule has 1 aliphatic heterocycles. The van der Waals surface area contributed by atoms with Gasteiger partial charge >= 0.3 is 0 Å². The summed E-state index contributed by atoms with van der Waals surface area (Å²) in [6.45, 7) is 5.01. The Morgan fingerprint density at radius 1 is 1.06 bits per heavy atom. The lowest BCUT2D eigenvalue weighted by atomic mass is 10.0. The van der Waals surface area contributed by atoms with E-state index < -0.39 is 0 Å². The molecule has 88 valence electrons. The first-order valence-electron chi connectivity index (χ1n) is 6.64. The summed E-state index contributed by atoms with van der Waals surface area (Å²) in [6.07, 6.45) is 6.75. The monoisotopic (exact) mass is 217 g/mol. The van der Waals surface area contributed by atoms with Crippen LogP contribution in [0, 0.1) is 0 Å². The maximum Gasteiger partial charge on any atom is 0.00700 e. The summed E-state index contributed by atoms with van der Waals surface area (Å²) in [7, 11) is 0. The molecule has 0 spiro atoms. The average Bonchev–Trinajstić information content (AvgIpc) is 2.38. The highest BCUT2D eigenvalue weighted by Gasteiger charge is 2.15. The predicted molar refractivity (Wildman–Crippen MR) is 69.6 cm³/mol. The Morgan fingerprint density at radius 2 is 1.75 bits per heavy atom. The second kappa shape index (κ2) is 6.05. The fourth-order valence-electron chi connectivity index (χ4n) is 2.56. The van der Waals surface area contributed by atoms with Crippen LogP contribution in [0.1, 0.15) is 38.2 Å². The number of piperidine rings is 1. The van der Waals surface area contributed by atoms with E-state index in [9.17, 15) is 0 Å². The normalized spacial score (nSPS) is 19.6. The summed E-state index contributed by atoms with van der Waals surface area (Å²) >= 11 is 0. The number of nitrogens with zero attached hydrogens (tertiary/aromatic N) is 1. The highest BCUT2D eigenvalue weighted by atomic mass is 15.1. The van der Waals surface area contributed by atoms with E-state index in [1.165, 1.54) is 50.8 Å². The molecular formula is C15H23N. The van der Waals surface area contributed by atoms with Gasteiger partial charge < -0.3 is 4.90 Å². The molecule has 1 fully saturated rings. The van der Waals surface area contributed by atoms with E-state index in [4.69, 9.17) is 0 Å². The molecule has 2 rings (SSSR count). The SMILES string of the molecule is CC(CCc1ccccc1)N1CCCCC1. The molecule has 16 heavy (non-hydrogen) atoms. The molecule has 1 nitrogen and oxygen atoms in total. The van der Waals surface area contributed by atoms with Crippen LogP contribution < -0.4 is 0 Å². The quantitative estimate of drug-likeness (QED) is 0.746. The fourth-order valence-corrected chi connectivity index (χ4v) is 2.56. The minimum absolute atomic E-state index is 0.750. The molecule has 0 N–H and O–H groups in total. The fraction of sp³-hybridized carbons (Fsp3) is 0.600. The van der Waals surface area contributed by atoms with Gasteiger partial charge in [-0.05, 0) is 51.3 Å². The molecule has 1 heterocycles. The number of aryl methyl sites for hydroxylation is 1. The van der Waals surface area contributed by atoms with Crippen molar-refractivity contribution >= 4 is 0 Å². The predicted octanol–water partition coefficient (Wildman–Crippen LogP) is 3.49. The van der Waals surface area contributed by atoms with E-state index >= 15 is 0 Å². The van der Waals surface area contributed by atoms with E-state index in [0.717, 1.165) is 6.04 Å². The Balaban J connectivity index is 1.76. The molecule has 0 bridgehead atoms. The van der Waals surface area contributed by atoms with Crippen LogP contribution >= 0.6 is 0 Å². The van der Waals surface area contributed by atoms with E-state index in [-0.39, 0.29) is 0 Å². The number of likely N-dealkylation sites (tertiary alicyclic amines) is 1. The van der Waals surface area contributed by atoms with Gasteiger partial charge in [0, 0.05) is 6.04 Å². The highest BCUT2D eigenvalue weighted by Crippen LogP contribution is 2.15. The van der Waals surface area contributed by atoms with Crippen LogP contribution in [0.25, 0.3) is 0 Å². The summed E-state index contributed by atoms with van der Waals surface area (Å²) in [6, 6.07) is 11.6. The van der Waals surface area contributed by atoms with Crippen LogP contribution in [0.15, 0.2) is 30.3 Å². The Hall–Kier alpha value is -0.820. The zero-order valence-corrected chi connectivity index (χ0v) is 10.4. The standard InChI is InChI=1S/C15H23N/c1-14(16-12-6-3-7-13-16)10-11-15-8-4-2-5-9-15/h2,4-5,8-9,14H,3,6-7,10-13H2,1H3. The molecule has 0 saturated carbocycles. The summed E-state index contributed by atoms with van der Waals surface area (Å²) in [5, 5.41) is 0. The minimum atomic E-state index is 0.750. The summed E-state index contributed by atoms with van der Waals surface area (Å²) in [4.78, 5) is 2.66. The van der Waals surface area contributed by atoms with Crippen LogP contribution in [0.3, 0.4) is 0 Å². The van der Waals surface area contributed by atoms with Crippen molar-refractivity contribution in [3.05, 3.63) is 35.9 Å². The Kier molecular flexibility index (Phi) is 4.41. The molecule has 0 amide bonds. The van der Waals surface area contributed by atoms with Gasteiger partial charge in [-0.2, -0.15) is 0 Å². The van der Waals surface area contributed by atoms with Gasteiger partial charge in [0.05, 0.1) is 0 Å². The Labute approximate surface area is 99.5 Å². The van der Waals surface area contributed by atoms with Crippen molar-refractivity contribution in [2.24, 2.45) is 0 Å². The minimum Gasteiger partial charge on any atom is -0.301 e. The van der Waals surface area contributed by atoms with Crippen LogP contribution in [-0.4, -0.2) is 24.0 Å². The van der Waals surface area contributed by atoms with E-state index in [0.29, 0.717) is 0 Å². The van der Waals surface area contributed by atoms with E-state index in [2.05, 4.69) is 42.2 Å². The Morgan fingerprint density at radius 3 is 2.44 bits per heavy atom. The zero-order chi connectivity index (χ0) is 11.2. The van der Waals surface area contributed by atoms with Crippen molar-refractivity contribution in [3.8, 4) is 0 Å². The third kappa shape index (κ3) is 3.34. The molecule has 1 atom stereocenters. The van der Waals surface area contributed by atoms with Crippen molar-refractivity contribution in [1.82, 2.24) is 4.90 Å².